The summed E-state index contributed by atoms with van der Waals surface area (Å²) in [6.45, 7) is 3.43. The topological polar surface area (TPSA) is 79.5 Å². The van der Waals surface area contributed by atoms with E-state index in [1.165, 1.54) is 18.5 Å². The van der Waals surface area contributed by atoms with Crippen molar-refractivity contribution in [1.29, 1.82) is 0 Å². The summed E-state index contributed by atoms with van der Waals surface area (Å²) in [4.78, 5) is 14.9. The molecule has 112 valence electrons. The highest BCUT2D eigenvalue weighted by Crippen LogP contribution is 2.30. The van der Waals surface area contributed by atoms with Gasteiger partial charge in [0.2, 0.25) is 0 Å². The van der Waals surface area contributed by atoms with Crippen LogP contribution in [0.2, 0.25) is 0 Å². The number of carbonyl (C=O) groups is 1. The SMILES string of the molecule is C=CCC(Nc1nccn2nc(C(F)(F)F)cc12)C(=O)O. The minimum Gasteiger partial charge on any atom is -0.480 e. The highest BCUT2D eigenvalue weighted by atomic mass is 19.4. The van der Waals surface area contributed by atoms with Gasteiger partial charge in [-0.3, -0.25) is 0 Å². The summed E-state index contributed by atoms with van der Waals surface area (Å²) in [5.41, 5.74) is -1.03. The first-order valence-corrected chi connectivity index (χ1v) is 5.84. The second-order valence-corrected chi connectivity index (χ2v) is 4.19. The van der Waals surface area contributed by atoms with E-state index in [1.54, 1.807) is 0 Å². The molecule has 0 saturated heterocycles. The van der Waals surface area contributed by atoms with E-state index in [-0.39, 0.29) is 17.8 Å². The first-order chi connectivity index (χ1) is 9.82. The molecule has 6 nitrogen and oxygen atoms in total. The molecule has 0 radical (unpaired) electrons. The lowest BCUT2D eigenvalue weighted by molar-refractivity contribution is -0.141. The van der Waals surface area contributed by atoms with Crippen molar-refractivity contribution < 1.29 is 23.1 Å². The van der Waals surface area contributed by atoms with Crippen molar-refractivity contribution in [1.82, 2.24) is 14.6 Å². The Morgan fingerprint density at radius 1 is 1.57 bits per heavy atom. The van der Waals surface area contributed by atoms with E-state index in [1.807, 2.05) is 0 Å². The van der Waals surface area contributed by atoms with Crippen LogP contribution in [0.4, 0.5) is 19.0 Å². The zero-order chi connectivity index (χ0) is 15.6. The van der Waals surface area contributed by atoms with Gasteiger partial charge in [0.1, 0.15) is 11.6 Å². The number of carboxylic acid groups (broad SMARTS) is 1. The molecule has 0 aliphatic heterocycles. The van der Waals surface area contributed by atoms with Gasteiger partial charge in [0.25, 0.3) is 0 Å². The molecule has 1 atom stereocenters. The lowest BCUT2D eigenvalue weighted by atomic mass is 10.2. The third-order valence-electron chi connectivity index (χ3n) is 2.69. The summed E-state index contributed by atoms with van der Waals surface area (Å²) in [5, 5.41) is 15.0. The van der Waals surface area contributed by atoms with E-state index in [0.717, 1.165) is 10.6 Å². The number of aliphatic carboxylic acids is 1. The third kappa shape index (κ3) is 3.12. The average Bonchev–Trinajstić information content (AvgIpc) is 2.83. The van der Waals surface area contributed by atoms with E-state index in [0.29, 0.717) is 0 Å². The molecule has 0 spiro atoms. The van der Waals surface area contributed by atoms with Gasteiger partial charge in [0.15, 0.2) is 11.5 Å². The normalized spacial score (nSPS) is 13.1. The highest BCUT2D eigenvalue weighted by molar-refractivity contribution is 5.80. The van der Waals surface area contributed by atoms with Crippen LogP contribution in [0.5, 0.6) is 0 Å². The molecule has 9 heteroatoms. The Labute approximate surface area is 116 Å². The van der Waals surface area contributed by atoms with Gasteiger partial charge >= 0.3 is 12.1 Å². The molecule has 0 bridgehead atoms. The van der Waals surface area contributed by atoms with E-state index in [4.69, 9.17) is 5.11 Å². The molecule has 0 aliphatic carbocycles. The standard InChI is InChI=1S/C12H11F3N4O2/c1-2-3-7(11(20)21)17-10-8-6-9(12(13,14)15)18-19(8)5-4-16-10/h2,4-7H,1,3H2,(H,16,17)(H,20,21). The Morgan fingerprint density at radius 3 is 2.86 bits per heavy atom. The number of carboxylic acids is 1. The summed E-state index contributed by atoms with van der Waals surface area (Å²) in [7, 11) is 0. The second-order valence-electron chi connectivity index (χ2n) is 4.19. The lowest BCUT2D eigenvalue weighted by Crippen LogP contribution is -2.29. The molecule has 0 aromatic carbocycles. The quantitative estimate of drug-likeness (QED) is 0.827. The predicted octanol–water partition coefficient (Wildman–Crippen LogP) is 2.19. The van der Waals surface area contributed by atoms with Crippen LogP contribution < -0.4 is 5.32 Å². The number of anilines is 1. The number of hydrogen-bond acceptors (Lipinski definition) is 4. The Hall–Kier alpha value is -2.58. The fourth-order valence-electron chi connectivity index (χ4n) is 1.73. The van der Waals surface area contributed by atoms with Crippen molar-refractivity contribution >= 4 is 17.3 Å². The number of nitrogens with zero attached hydrogens (tertiary/aromatic N) is 3. The van der Waals surface area contributed by atoms with Gasteiger partial charge in [-0.1, -0.05) is 6.08 Å². The second kappa shape index (κ2) is 5.43. The molecule has 0 amide bonds. The molecule has 2 heterocycles. The van der Waals surface area contributed by atoms with Gasteiger partial charge in [-0.05, 0) is 6.42 Å². The number of hydrogen-bond donors (Lipinski definition) is 2. The molecule has 21 heavy (non-hydrogen) atoms. The number of rotatable bonds is 5. The number of fused-ring (bicyclic) bond motifs is 1. The van der Waals surface area contributed by atoms with Crippen molar-refractivity contribution in [3.8, 4) is 0 Å². The summed E-state index contributed by atoms with van der Waals surface area (Å²) in [5.74, 6) is -1.15. The largest absolute Gasteiger partial charge is 0.480 e. The smallest absolute Gasteiger partial charge is 0.435 e. The highest BCUT2D eigenvalue weighted by Gasteiger charge is 2.34. The number of halogens is 3. The lowest BCUT2D eigenvalue weighted by Gasteiger charge is -2.13. The fraction of sp³-hybridized carbons (Fsp3) is 0.250. The zero-order valence-corrected chi connectivity index (χ0v) is 10.6. The third-order valence-corrected chi connectivity index (χ3v) is 2.69. The number of aromatic nitrogens is 3. The van der Waals surface area contributed by atoms with Crippen LogP contribution in [0.15, 0.2) is 31.1 Å². The van der Waals surface area contributed by atoms with Gasteiger partial charge in [-0.2, -0.15) is 18.3 Å². The maximum atomic E-state index is 12.6. The van der Waals surface area contributed by atoms with Crippen molar-refractivity contribution in [2.45, 2.75) is 18.6 Å². The molecular weight excluding hydrogens is 289 g/mol. The molecular formula is C12H11F3N4O2. The Kier molecular flexibility index (Phi) is 3.83. The van der Waals surface area contributed by atoms with E-state index in [9.17, 15) is 18.0 Å². The van der Waals surface area contributed by atoms with Gasteiger partial charge < -0.3 is 10.4 Å². The molecule has 2 aromatic heterocycles. The predicted molar refractivity (Wildman–Crippen MR) is 67.8 cm³/mol. The molecule has 0 fully saturated rings. The monoisotopic (exact) mass is 300 g/mol. The zero-order valence-electron chi connectivity index (χ0n) is 10.6. The minimum atomic E-state index is -4.59. The van der Waals surface area contributed by atoms with Crippen LogP contribution in [0.1, 0.15) is 12.1 Å². The van der Waals surface area contributed by atoms with Crippen molar-refractivity contribution in [3.63, 3.8) is 0 Å². The van der Waals surface area contributed by atoms with Crippen molar-refractivity contribution in [3.05, 3.63) is 36.8 Å². The Bertz CT molecular complexity index is 681. The molecule has 2 rings (SSSR count). The summed E-state index contributed by atoms with van der Waals surface area (Å²) in [6, 6.07) is -0.229. The van der Waals surface area contributed by atoms with E-state index >= 15 is 0 Å². The van der Waals surface area contributed by atoms with Crippen LogP contribution in [0.25, 0.3) is 5.52 Å². The minimum absolute atomic E-state index is 0.00903. The van der Waals surface area contributed by atoms with Crippen LogP contribution in [-0.4, -0.2) is 31.7 Å². The molecule has 2 aromatic rings. The molecule has 1 unspecified atom stereocenters. The molecule has 0 saturated carbocycles. The van der Waals surface area contributed by atoms with E-state index in [2.05, 4.69) is 22.0 Å². The Morgan fingerprint density at radius 2 is 2.29 bits per heavy atom. The molecule has 2 N–H and O–H groups in total. The number of nitrogens with one attached hydrogen (secondary N) is 1. The van der Waals surface area contributed by atoms with Gasteiger partial charge in [0.05, 0.1) is 0 Å². The van der Waals surface area contributed by atoms with E-state index < -0.39 is 23.9 Å². The van der Waals surface area contributed by atoms with Crippen LogP contribution >= 0.6 is 0 Å². The maximum Gasteiger partial charge on any atom is 0.435 e. The fourth-order valence-corrected chi connectivity index (χ4v) is 1.73. The maximum absolute atomic E-state index is 12.6. The van der Waals surface area contributed by atoms with Crippen molar-refractivity contribution in [2.75, 3.05) is 5.32 Å². The molecule has 0 aliphatic rings. The summed E-state index contributed by atoms with van der Waals surface area (Å²) in [6.07, 6.45) is -0.618. The Balaban J connectivity index is 2.42. The first kappa shape index (κ1) is 14.8. The van der Waals surface area contributed by atoms with Gasteiger partial charge in [-0.15, -0.1) is 6.58 Å². The first-order valence-electron chi connectivity index (χ1n) is 5.84. The number of alkyl halides is 3. The summed E-state index contributed by atoms with van der Waals surface area (Å²) < 4.78 is 38.9. The van der Waals surface area contributed by atoms with Crippen LogP contribution in [-0.2, 0) is 11.0 Å². The van der Waals surface area contributed by atoms with Crippen molar-refractivity contribution in [2.24, 2.45) is 0 Å². The van der Waals surface area contributed by atoms with Gasteiger partial charge in [-0.25, -0.2) is 14.3 Å². The van der Waals surface area contributed by atoms with Crippen LogP contribution in [0.3, 0.4) is 0 Å². The summed E-state index contributed by atoms with van der Waals surface area (Å²) >= 11 is 0. The van der Waals surface area contributed by atoms with Gasteiger partial charge in [0, 0.05) is 18.5 Å². The van der Waals surface area contributed by atoms with Crippen LogP contribution in [0, 0.1) is 0 Å². The average molecular weight is 300 g/mol.